The van der Waals surface area contributed by atoms with Gasteiger partial charge in [0.05, 0.1) is 13.7 Å². The molecule has 0 N–H and O–H groups in total. The minimum atomic E-state index is 0.128. The third-order valence-electron chi connectivity index (χ3n) is 4.86. The molecule has 3 heterocycles. The molecule has 4 rings (SSSR count). The molecule has 1 fully saturated rings. The van der Waals surface area contributed by atoms with Gasteiger partial charge in [-0.15, -0.1) is 16.4 Å². The highest BCUT2D eigenvalue weighted by Gasteiger charge is 2.29. The summed E-state index contributed by atoms with van der Waals surface area (Å²) in [5.74, 6) is 1.78. The monoisotopic (exact) mass is 369 g/mol. The number of piperidine rings is 1. The van der Waals surface area contributed by atoms with Crippen LogP contribution in [0.1, 0.15) is 41.6 Å². The van der Waals surface area contributed by atoms with Crippen LogP contribution >= 0.6 is 11.3 Å². The van der Waals surface area contributed by atoms with Crippen molar-refractivity contribution in [2.75, 3.05) is 20.2 Å². The Morgan fingerprint density at radius 2 is 1.92 bits per heavy atom. The first-order valence-electron chi connectivity index (χ1n) is 9.01. The highest BCUT2D eigenvalue weighted by atomic mass is 32.1. The minimum absolute atomic E-state index is 0.128. The number of hydrogen-bond donors (Lipinski definition) is 0. The smallest absolute Gasteiger partial charge is 0.174 e. The summed E-state index contributed by atoms with van der Waals surface area (Å²) in [5.41, 5.74) is 1.16. The first-order valence-corrected chi connectivity index (χ1v) is 9.89. The van der Waals surface area contributed by atoms with E-state index in [4.69, 9.17) is 4.74 Å². The summed E-state index contributed by atoms with van der Waals surface area (Å²) >= 11 is 1.78. The number of thiophene rings is 1. The largest absolute Gasteiger partial charge is 0.497 e. The second-order valence-electron chi connectivity index (χ2n) is 6.56. The zero-order valence-electron chi connectivity index (χ0n) is 14.9. The molecule has 2 aromatic heterocycles. The molecule has 0 amide bonds. The molecule has 26 heavy (non-hydrogen) atoms. The van der Waals surface area contributed by atoms with Gasteiger partial charge in [0.15, 0.2) is 5.82 Å². The molecular formula is C19H23N5OS. The van der Waals surface area contributed by atoms with Gasteiger partial charge in [-0.3, -0.25) is 4.90 Å². The molecular weight excluding hydrogens is 346 g/mol. The number of hydrogen-bond acceptors (Lipinski definition) is 6. The maximum Gasteiger partial charge on any atom is 0.174 e. The van der Waals surface area contributed by atoms with Gasteiger partial charge >= 0.3 is 0 Å². The Hall–Kier alpha value is -2.25. The number of ether oxygens (including phenoxy) is 1. The Labute approximate surface area is 157 Å². The zero-order chi connectivity index (χ0) is 17.8. The van der Waals surface area contributed by atoms with Gasteiger partial charge in [-0.25, -0.2) is 4.68 Å². The maximum atomic E-state index is 5.24. The number of benzene rings is 1. The normalized spacial score (nSPS) is 16.5. The molecule has 0 spiro atoms. The van der Waals surface area contributed by atoms with Crippen LogP contribution in [0.25, 0.3) is 0 Å². The Morgan fingerprint density at radius 3 is 2.62 bits per heavy atom. The first kappa shape index (κ1) is 17.2. The molecule has 0 aliphatic carbocycles. The van der Waals surface area contributed by atoms with E-state index in [9.17, 15) is 0 Å². The molecule has 0 saturated carbocycles. The van der Waals surface area contributed by atoms with E-state index in [2.05, 4.69) is 50.1 Å². The molecule has 1 aliphatic heterocycles. The molecule has 6 nitrogen and oxygen atoms in total. The van der Waals surface area contributed by atoms with Crippen molar-refractivity contribution < 1.29 is 4.74 Å². The van der Waals surface area contributed by atoms with E-state index < -0.39 is 0 Å². The van der Waals surface area contributed by atoms with Crippen molar-refractivity contribution in [1.82, 2.24) is 25.1 Å². The zero-order valence-corrected chi connectivity index (χ0v) is 15.7. The van der Waals surface area contributed by atoms with Crippen LogP contribution in [0.4, 0.5) is 0 Å². The van der Waals surface area contributed by atoms with Gasteiger partial charge in [0.1, 0.15) is 11.8 Å². The molecule has 0 bridgehead atoms. The standard InChI is InChI=1S/C19H23N5OS/c1-25-16-9-7-15(8-10-16)14-24-19(20-21-22-24)18(17-6-5-13-26-17)23-11-3-2-4-12-23/h5-10,13,18H,2-4,11-12,14H2,1H3. The fourth-order valence-corrected chi connectivity index (χ4v) is 4.37. The van der Waals surface area contributed by atoms with Gasteiger partial charge in [0.25, 0.3) is 0 Å². The topological polar surface area (TPSA) is 56.1 Å². The predicted molar refractivity (Wildman–Crippen MR) is 101 cm³/mol. The minimum Gasteiger partial charge on any atom is -0.497 e. The summed E-state index contributed by atoms with van der Waals surface area (Å²) in [6, 6.07) is 12.5. The molecule has 1 unspecified atom stereocenters. The van der Waals surface area contributed by atoms with E-state index in [0.29, 0.717) is 6.54 Å². The van der Waals surface area contributed by atoms with E-state index in [0.717, 1.165) is 30.2 Å². The van der Waals surface area contributed by atoms with Crippen LogP contribution in [0.3, 0.4) is 0 Å². The fourth-order valence-electron chi connectivity index (χ4n) is 3.52. The maximum absolute atomic E-state index is 5.24. The lowest BCUT2D eigenvalue weighted by molar-refractivity contribution is 0.180. The number of likely N-dealkylation sites (tertiary alicyclic amines) is 1. The first-order chi connectivity index (χ1) is 12.8. The van der Waals surface area contributed by atoms with Crippen molar-refractivity contribution in [3.8, 4) is 5.75 Å². The highest BCUT2D eigenvalue weighted by Crippen LogP contribution is 2.32. The lowest BCUT2D eigenvalue weighted by Crippen LogP contribution is -2.35. The predicted octanol–water partition coefficient (Wildman–Crippen LogP) is 3.37. The van der Waals surface area contributed by atoms with Crippen LogP contribution in [0, 0.1) is 0 Å². The number of tetrazole rings is 1. The number of rotatable bonds is 6. The van der Waals surface area contributed by atoms with Crippen molar-refractivity contribution in [3.05, 3.63) is 58.0 Å². The van der Waals surface area contributed by atoms with Crippen LogP contribution < -0.4 is 4.74 Å². The molecule has 1 saturated heterocycles. The third kappa shape index (κ3) is 3.64. The number of aromatic nitrogens is 4. The fraction of sp³-hybridized carbons (Fsp3) is 0.421. The van der Waals surface area contributed by atoms with Crippen LogP contribution in [-0.4, -0.2) is 45.3 Å². The van der Waals surface area contributed by atoms with Gasteiger partial charge in [-0.1, -0.05) is 24.6 Å². The lowest BCUT2D eigenvalue weighted by Gasteiger charge is -2.33. The average Bonchev–Trinajstić information content (AvgIpc) is 3.37. The average molecular weight is 369 g/mol. The Kier molecular flexibility index (Phi) is 5.26. The summed E-state index contributed by atoms with van der Waals surface area (Å²) in [5, 5.41) is 14.8. The van der Waals surface area contributed by atoms with E-state index >= 15 is 0 Å². The molecule has 0 radical (unpaired) electrons. The summed E-state index contributed by atoms with van der Waals surface area (Å²) in [4.78, 5) is 3.82. The van der Waals surface area contributed by atoms with E-state index in [1.165, 1.54) is 24.1 Å². The number of methoxy groups -OCH3 is 1. The molecule has 1 aromatic carbocycles. The summed E-state index contributed by atoms with van der Waals surface area (Å²) in [7, 11) is 1.68. The van der Waals surface area contributed by atoms with Gasteiger partial charge in [0.2, 0.25) is 0 Å². The molecule has 7 heteroatoms. The molecule has 1 aliphatic rings. The summed E-state index contributed by atoms with van der Waals surface area (Å²) < 4.78 is 7.17. The van der Waals surface area contributed by atoms with Crippen LogP contribution in [0.5, 0.6) is 5.75 Å². The summed E-state index contributed by atoms with van der Waals surface area (Å²) in [6.45, 7) is 2.85. The quantitative estimate of drug-likeness (QED) is 0.667. The van der Waals surface area contributed by atoms with Gasteiger partial charge in [-0.2, -0.15) is 0 Å². The van der Waals surface area contributed by atoms with Crippen molar-refractivity contribution in [3.63, 3.8) is 0 Å². The Morgan fingerprint density at radius 1 is 1.12 bits per heavy atom. The van der Waals surface area contributed by atoms with Crippen molar-refractivity contribution in [2.45, 2.75) is 31.8 Å². The lowest BCUT2D eigenvalue weighted by atomic mass is 10.1. The van der Waals surface area contributed by atoms with Crippen LogP contribution in [-0.2, 0) is 6.54 Å². The van der Waals surface area contributed by atoms with E-state index in [1.54, 1.807) is 18.4 Å². The Bertz CT molecular complexity index is 809. The second-order valence-corrected chi connectivity index (χ2v) is 7.54. The SMILES string of the molecule is COc1ccc(Cn2nnnc2C(c2cccs2)N2CCCCC2)cc1. The highest BCUT2D eigenvalue weighted by molar-refractivity contribution is 7.10. The molecule has 1 atom stereocenters. The van der Waals surface area contributed by atoms with Crippen molar-refractivity contribution >= 4 is 11.3 Å². The summed E-state index contributed by atoms with van der Waals surface area (Å²) in [6.07, 6.45) is 3.79. The van der Waals surface area contributed by atoms with Crippen molar-refractivity contribution in [2.24, 2.45) is 0 Å². The van der Waals surface area contributed by atoms with E-state index in [-0.39, 0.29) is 6.04 Å². The number of nitrogens with zero attached hydrogens (tertiary/aromatic N) is 5. The van der Waals surface area contributed by atoms with E-state index in [1.807, 2.05) is 16.8 Å². The van der Waals surface area contributed by atoms with Gasteiger partial charge < -0.3 is 4.74 Å². The second kappa shape index (κ2) is 7.97. The third-order valence-corrected chi connectivity index (χ3v) is 5.79. The molecule has 3 aromatic rings. The van der Waals surface area contributed by atoms with Gasteiger partial charge in [-0.05, 0) is 65.5 Å². The van der Waals surface area contributed by atoms with Crippen LogP contribution in [0.2, 0.25) is 0 Å². The van der Waals surface area contributed by atoms with Crippen LogP contribution in [0.15, 0.2) is 41.8 Å². The van der Waals surface area contributed by atoms with Gasteiger partial charge in [0, 0.05) is 4.88 Å². The molecule has 136 valence electrons. The Balaban J connectivity index is 1.63. The van der Waals surface area contributed by atoms with Crippen molar-refractivity contribution in [1.29, 1.82) is 0 Å².